The SMILES string of the molecule is CCCNC1c2c(c(Br)cc3c2OCCO3)CSC1C. The van der Waals surface area contributed by atoms with Crippen molar-refractivity contribution < 1.29 is 9.47 Å². The van der Waals surface area contributed by atoms with Gasteiger partial charge in [-0.2, -0.15) is 11.8 Å². The molecule has 0 amide bonds. The van der Waals surface area contributed by atoms with Gasteiger partial charge in [-0.05, 0) is 24.6 Å². The second kappa shape index (κ2) is 6.16. The fourth-order valence-corrected chi connectivity index (χ4v) is 4.72. The molecule has 2 heterocycles. The Labute approximate surface area is 132 Å². The van der Waals surface area contributed by atoms with E-state index in [9.17, 15) is 0 Å². The molecule has 0 saturated carbocycles. The van der Waals surface area contributed by atoms with E-state index < -0.39 is 0 Å². The summed E-state index contributed by atoms with van der Waals surface area (Å²) in [7, 11) is 0. The van der Waals surface area contributed by atoms with Crippen LogP contribution in [0.3, 0.4) is 0 Å². The van der Waals surface area contributed by atoms with Gasteiger partial charge >= 0.3 is 0 Å². The van der Waals surface area contributed by atoms with Crippen molar-refractivity contribution in [3.05, 3.63) is 21.7 Å². The average Bonchev–Trinajstić information content (AvgIpc) is 2.46. The van der Waals surface area contributed by atoms with Gasteiger partial charge < -0.3 is 14.8 Å². The second-order valence-corrected chi connectivity index (χ2v) is 7.44. The van der Waals surface area contributed by atoms with Gasteiger partial charge in [0, 0.05) is 27.1 Å². The molecular formula is C15H20BrNO2S. The summed E-state index contributed by atoms with van der Waals surface area (Å²) in [6, 6.07) is 2.39. The number of benzene rings is 1. The Morgan fingerprint density at radius 1 is 1.40 bits per heavy atom. The summed E-state index contributed by atoms with van der Waals surface area (Å²) in [6.45, 7) is 6.79. The predicted octanol–water partition coefficient (Wildman–Crippen LogP) is 3.90. The van der Waals surface area contributed by atoms with Crippen molar-refractivity contribution in [1.82, 2.24) is 5.32 Å². The standard InChI is InChI=1S/C15H20BrNO2S/c1-3-4-17-14-9(2)20-8-10-11(16)7-12-15(13(10)14)19-6-5-18-12/h7,9,14,17H,3-6,8H2,1-2H3. The molecule has 1 N–H and O–H groups in total. The molecule has 0 saturated heterocycles. The van der Waals surface area contributed by atoms with Crippen LogP contribution in [0.25, 0.3) is 0 Å². The highest BCUT2D eigenvalue weighted by molar-refractivity contribution is 9.10. The van der Waals surface area contributed by atoms with Gasteiger partial charge in [0.2, 0.25) is 0 Å². The van der Waals surface area contributed by atoms with E-state index in [1.807, 2.05) is 11.8 Å². The third kappa shape index (κ3) is 2.55. The summed E-state index contributed by atoms with van der Waals surface area (Å²) in [5, 5.41) is 4.22. The zero-order chi connectivity index (χ0) is 14.1. The number of rotatable bonds is 3. The van der Waals surface area contributed by atoms with Crippen molar-refractivity contribution in [2.24, 2.45) is 0 Å². The number of hydrogen-bond donors (Lipinski definition) is 1. The zero-order valence-electron chi connectivity index (χ0n) is 11.9. The quantitative estimate of drug-likeness (QED) is 0.888. The Morgan fingerprint density at radius 2 is 2.20 bits per heavy atom. The number of ether oxygens (including phenoxy) is 2. The molecule has 110 valence electrons. The van der Waals surface area contributed by atoms with Crippen molar-refractivity contribution >= 4 is 27.7 Å². The minimum Gasteiger partial charge on any atom is -0.486 e. The average molecular weight is 358 g/mol. The van der Waals surface area contributed by atoms with Gasteiger partial charge in [-0.1, -0.05) is 29.8 Å². The lowest BCUT2D eigenvalue weighted by molar-refractivity contribution is 0.168. The number of nitrogens with one attached hydrogen (secondary N) is 1. The molecule has 3 rings (SSSR count). The van der Waals surface area contributed by atoms with E-state index in [0.717, 1.165) is 34.7 Å². The van der Waals surface area contributed by atoms with Crippen molar-refractivity contribution in [1.29, 1.82) is 0 Å². The molecule has 2 aliphatic rings. The minimum atomic E-state index is 0.330. The smallest absolute Gasteiger partial charge is 0.166 e. The van der Waals surface area contributed by atoms with Gasteiger partial charge in [0.1, 0.15) is 13.2 Å². The summed E-state index contributed by atoms with van der Waals surface area (Å²) < 4.78 is 12.8. The van der Waals surface area contributed by atoms with Crippen LogP contribution in [-0.2, 0) is 5.75 Å². The monoisotopic (exact) mass is 357 g/mol. The lowest BCUT2D eigenvalue weighted by Gasteiger charge is -2.35. The largest absolute Gasteiger partial charge is 0.486 e. The number of halogens is 1. The second-order valence-electron chi connectivity index (χ2n) is 5.22. The third-order valence-corrected chi connectivity index (χ3v) is 5.77. The van der Waals surface area contributed by atoms with Gasteiger partial charge in [0.15, 0.2) is 11.5 Å². The van der Waals surface area contributed by atoms with Crippen LogP contribution in [0.4, 0.5) is 0 Å². The predicted molar refractivity (Wildman–Crippen MR) is 86.9 cm³/mol. The third-order valence-electron chi connectivity index (χ3n) is 3.81. The van der Waals surface area contributed by atoms with E-state index in [2.05, 4.69) is 41.2 Å². The summed E-state index contributed by atoms with van der Waals surface area (Å²) in [6.07, 6.45) is 1.14. The van der Waals surface area contributed by atoms with Gasteiger partial charge in [-0.3, -0.25) is 0 Å². The summed E-state index contributed by atoms with van der Waals surface area (Å²) in [5.41, 5.74) is 2.65. The Kier molecular flexibility index (Phi) is 4.48. The van der Waals surface area contributed by atoms with Crippen LogP contribution in [0.1, 0.15) is 37.4 Å². The molecule has 0 radical (unpaired) electrons. The molecular weight excluding hydrogens is 338 g/mol. The zero-order valence-corrected chi connectivity index (χ0v) is 14.3. The van der Waals surface area contributed by atoms with Crippen molar-refractivity contribution in [3.8, 4) is 11.5 Å². The highest BCUT2D eigenvalue weighted by Gasteiger charge is 2.34. The van der Waals surface area contributed by atoms with Crippen molar-refractivity contribution in [2.75, 3.05) is 19.8 Å². The molecule has 20 heavy (non-hydrogen) atoms. The topological polar surface area (TPSA) is 30.5 Å². The Morgan fingerprint density at radius 3 is 3.00 bits per heavy atom. The first-order valence-electron chi connectivity index (χ1n) is 7.18. The molecule has 2 aliphatic heterocycles. The molecule has 0 bridgehead atoms. The van der Waals surface area contributed by atoms with Crippen LogP contribution in [0.15, 0.2) is 10.5 Å². The van der Waals surface area contributed by atoms with Crippen molar-refractivity contribution in [3.63, 3.8) is 0 Å². The van der Waals surface area contributed by atoms with Crippen LogP contribution in [0.2, 0.25) is 0 Å². The summed E-state index contributed by atoms with van der Waals surface area (Å²) in [5.74, 6) is 2.86. The van der Waals surface area contributed by atoms with E-state index in [1.165, 1.54) is 11.1 Å². The Balaban J connectivity index is 2.08. The normalized spacial score (nSPS) is 24.4. The highest BCUT2D eigenvalue weighted by Crippen LogP contribution is 2.49. The van der Waals surface area contributed by atoms with Crippen LogP contribution in [-0.4, -0.2) is 25.0 Å². The summed E-state index contributed by atoms with van der Waals surface area (Å²) >= 11 is 5.70. The fourth-order valence-electron chi connectivity index (χ4n) is 2.81. The van der Waals surface area contributed by atoms with Gasteiger partial charge in [-0.15, -0.1) is 0 Å². The fraction of sp³-hybridized carbons (Fsp3) is 0.600. The molecule has 5 heteroatoms. The molecule has 2 unspecified atom stereocenters. The molecule has 1 aromatic carbocycles. The molecule has 0 spiro atoms. The maximum absolute atomic E-state index is 5.94. The number of fused-ring (bicyclic) bond motifs is 3. The van der Waals surface area contributed by atoms with E-state index in [0.29, 0.717) is 24.5 Å². The first-order chi connectivity index (χ1) is 9.72. The van der Waals surface area contributed by atoms with E-state index in [1.54, 1.807) is 0 Å². The first kappa shape index (κ1) is 14.5. The van der Waals surface area contributed by atoms with E-state index >= 15 is 0 Å². The molecule has 0 aliphatic carbocycles. The van der Waals surface area contributed by atoms with Gasteiger partial charge in [-0.25, -0.2) is 0 Å². The molecule has 3 nitrogen and oxygen atoms in total. The molecule has 0 aromatic heterocycles. The van der Waals surface area contributed by atoms with E-state index in [-0.39, 0.29) is 0 Å². The minimum absolute atomic E-state index is 0.330. The van der Waals surface area contributed by atoms with Crippen LogP contribution in [0, 0.1) is 0 Å². The van der Waals surface area contributed by atoms with Crippen LogP contribution < -0.4 is 14.8 Å². The Bertz CT molecular complexity index is 509. The maximum atomic E-state index is 5.94. The van der Waals surface area contributed by atoms with Crippen LogP contribution >= 0.6 is 27.7 Å². The number of thioether (sulfide) groups is 1. The Hall–Kier alpha value is -0.390. The van der Waals surface area contributed by atoms with Gasteiger partial charge in [0.25, 0.3) is 0 Å². The lowest BCUT2D eigenvalue weighted by atomic mass is 9.96. The van der Waals surface area contributed by atoms with Crippen molar-refractivity contribution in [2.45, 2.75) is 37.3 Å². The summed E-state index contributed by atoms with van der Waals surface area (Å²) in [4.78, 5) is 0. The lowest BCUT2D eigenvalue weighted by Crippen LogP contribution is -2.34. The van der Waals surface area contributed by atoms with Gasteiger partial charge in [0.05, 0.1) is 0 Å². The van der Waals surface area contributed by atoms with E-state index in [4.69, 9.17) is 9.47 Å². The number of hydrogen-bond acceptors (Lipinski definition) is 4. The molecule has 2 atom stereocenters. The maximum Gasteiger partial charge on any atom is 0.166 e. The first-order valence-corrected chi connectivity index (χ1v) is 9.02. The molecule has 1 aromatic rings. The highest BCUT2D eigenvalue weighted by atomic mass is 79.9. The van der Waals surface area contributed by atoms with Crippen LogP contribution in [0.5, 0.6) is 11.5 Å². The molecule has 0 fully saturated rings.